The Morgan fingerprint density at radius 1 is 1.13 bits per heavy atom. The number of ether oxygens (including phenoxy) is 2. The monoisotopic (exact) mass is 618 g/mol. The predicted octanol–water partition coefficient (Wildman–Crippen LogP) is 5.04. The number of amides is 1. The van der Waals surface area contributed by atoms with Crippen LogP contribution in [0, 0.1) is 17.6 Å². The van der Waals surface area contributed by atoms with Gasteiger partial charge >= 0.3 is 0 Å². The van der Waals surface area contributed by atoms with Crippen LogP contribution in [0.1, 0.15) is 68.0 Å². The first-order valence-corrected chi connectivity index (χ1v) is 15.6. The molecule has 2 fully saturated rings. The highest BCUT2D eigenvalue weighted by molar-refractivity contribution is 5.73. The van der Waals surface area contributed by atoms with Crippen LogP contribution in [0.4, 0.5) is 8.78 Å². The maximum Gasteiger partial charge on any atom is 0.219 e. The van der Waals surface area contributed by atoms with E-state index in [9.17, 15) is 4.79 Å². The van der Waals surface area contributed by atoms with Crippen molar-refractivity contribution in [3.8, 4) is 11.3 Å². The van der Waals surface area contributed by atoms with Gasteiger partial charge in [0.1, 0.15) is 17.5 Å². The first-order chi connectivity index (χ1) is 21.7. The molecule has 1 aliphatic carbocycles. The zero-order valence-corrected chi connectivity index (χ0v) is 26.0. The van der Waals surface area contributed by atoms with Gasteiger partial charge in [-0.15, -0.1) is 0 Å². The highest BCUT2D eigenvalue weighted by Gasteiger charge is 2.38. The SMILES string of the molecule is CC(=O)N(C)[C@@H]1[C@H](N)C[C@H](c2ccncc2Cc2ncc3ccc(-c4c(F)cc(COC5CCOCC5)cc4F)nn23)C[C@@H]1C. The molecule has 0 radical (unpaired) electrons. The minimum atomic E-state index is -0.694. The minimum Gasteiger partial charge on any atom is -0.381 e. The number of pyridine rings is 1. The highest BCUT2D eigenvalue weighted by Crippen LogP contribution is 2.39. The van der Waals surface area contributed by atoms with E-state index in [1.165, 1.54) is 12.1 Å². The molecule has 0 bridgehead atoms. The third-order valence-corrected chi connectivity index (χ3v) is 9.37. The molecule has 4 aromatic rings. The molecular formula is C34H40F2N6O3. The minimum absolute atomic E-state index is 0.0127. The number of rotatable bonds is 8. The average molecular weight is 619 g/mol. The van der Waals surface area contributed by atoms with Gasteiger partial charge < -0.3 is 20.1 Å². The van der Waals surface area contributed by atoms with Crippen molar-refractivity contribution >= 4 is 11.4 Å². The summed E-state index contributed by atoms with van der Waals surface area (Å²) >= 11 is 0. The van der Waals surface area contributed by atoms with E-state index >= 15 is 8.78 Å². The number of carbonyl (C=O) groups is 1. The Bertz CT molecular complexity index is 1640. The number of hydrogen-bond donors (Lipinski definition) is 1. The maximum absolute atomic E-state index is 15.4. The normalized spacial score (nSPS) is 22.5. The van der Waals surface area contributed by atoms with E-state index in [1.807, 2.05) is 19.3 Å². The van der Waals surface area contributed by atoms with Crippen molar-refractivity contribution in [1.82, 2.24) is 24.5 Å². The van der Waals surface area contributed by atoms with Gasteiger partial charge in [-0.1, -0.05) is 6.92 Å². The molecule has 4 atom stereocenters. The van der Waals surface area contributed by atoms with Crippen LogP contribution in [0.3, 0.4) is 0 Å². The van der Waals surface area contributed by atoms with Crippen LogP contribution >= 0.6 is 0 Å². The van der Waals surface area contributed by atoms with Gasteiger partial charge in [-0.3, -0.25) is 9.78 Å². The molecule has 1 amide bonds. The largest absolute Gasteiger partial charge is 0.381 e. The number of likely N-dealkylation sites (N-methyl/N-ethyl adjacent to an activating group) is 1. The molecule has 1 aromatic carbocycles. The first-order valence-electron chi connectivity index (χ1n) is 15.6. The molecule has 0 unspecified atom stereocenters. The van der Waals surface area contributed by atoms with Crippen molar-refractivity contribution in [2.75, 3.05) is 20.3 Å². The number of hydrogen-bond acceptors (Lipinski definition) is 7. The summed E-state index contributed by atoms with van der Waals surface area (Å²) in [5.41, 5.74) is 9.91. The van der Waals surface area contributed by atoms with Crippen LogP contribution in [-0.4, -0.2) is 68.8 Å². The fourth-order valence-corrected chi connectivity index (χ4v) is 7.06. The second-order valence-electron chi connectivity index (χ2n) is 12.5. The Labute approximate surface area is 261 Å². The molecule has 2 N–H and O–H groups in total. The van der Waals surface area contributed by atoms with Crippen LogP contribution in [0.25, 0.3) is 16.8 Å². The van der Waals surface area contributed by atoms with E-state index in [2.05, 4.69) is 22.0 Å². The summed E-state index contributed by atoms with van der Waals surface area (Å²) in [6.45, 7) is 5.11. The molecule has 9 nitrogen and oxygen atoms in total. The zero-order valence-electron chi connectivity index (χ0n) is 26.0. The second kappa shape index (κ2) is 13.3. The number of benzene rings is 1. The molecule has 4 heterocycles. The summed E-state index contributed by atoms with van der Waals surface area (Å²) in [7, 11) is 1.82. The Morgan fingerprint density at radius 3 is 2.60 bits per heavy atom. The van der Waals surface area contributed by atoms with E-state index in [4.69, 9.17) is 15.2 Å². The molecule has 45 heavy (non-hydrogen) atoms. The molecule has 238 valence electrons. The van der Waals surface area contributed by atoms with Gasteiger partial charge in [0, 0.05) is 58.1 Å². The van der Waals surface area contributed by atoms with Gasteiger partial charge in [0.25, 0.3) is 0 Å². The van der Waals surface area contributed by atoms with Crippen molar-refractivity contribution in [3.63, 3.8) is 0 Å². The van der Waals surface area contributed by atoms with E-state index in [1.54, 1.807) is 40.9 Å². The number of nitrogens with two attached hydrogens (primary N) is 1. The number of halogens is 2. The van der Waals surface area contributed by atoms with Crippen LogP contribution in [0.5, 0.6) is 0 Å². The van der Waals surface area contributed by atoms with E-state index in [0.29, 0.717) is 36.5 Å². The molecule has 6 rings (SSSR count). The molecule has 1 aliphatic heterocycles. The molecule has 0 spiro atoms. The summed E-state index contributed by atoms with van der Waals surface area (Å²) in [5, 5.41) is 4.64. The maximum atomic E-state index is 15.4. The van der Waals surface area contributed by atoms with Crippen molar-refractivity contribution in [3.05, 3.63) is 83.1 Å². The summed E-state index contributed by atoms with van der Waals surface area (Å²) in [6.07, 6.45) is 8.94. The lowest BCUT2D eigenvalue weighted by Gasteiger charge is -2.43. The van der Waals surface area contributed by atoms with Crippen LogP contribution in [-0.2, 0) is 27.3 Å². The second-order valence-corrected chi connectivity index (χ2v) is 12.5. The number of carbonyl (C=O) groups excluding carboxylic acids is 1. The Kier molecular flexibility index (Phi) is 9.21. The predicted molar refractivity (Wildman–Crippen MR) is 165 cm³/mol. The van der Waals surface area contributed by atoms with Crippen LogP contribution in [0.2, 0.25) is 0 Å². The van der Waals surface area contributed by atoms with Crippen molar-refractivity contribution in [2.45, 2.75) is 76.7 Å². The first kappa shape index (κ1) is 31.2. The van der Waals surface area contributed by atoms with Gasteiger partial charge in [0.05, 0.1) is 35.7 Å². The van der Waals surface area contributed by atoms with Crippen molar-refractivity contribution in [2.24, 2.45) is 11.7 Å². The molecule has 1 saturated carbocycles. The van der Waals surface area contributed by atoms with Crippen molar-refractivity contribution < 1.29 is 23.0 Å². The quantitative estimate of drug-likeness (QED) is 0.295. The smallest absolute Gasteiger partial charge is 0.219 e. The van der Waals surface area contributed by atoms with E-state index < -0.39 is 11.6 Å². The van der Waals surface area contributed by atoms with Gasteiger partial charge in [-0.25, -0.2) is 18.3 Å². The van der Waals surface area contributed by atoms with Gasteiger partial charge in [-0.2, -0.15) is 5.10 Å². The Balaban J connectivity index is 1.23. The van der Waals surface area contributed by atoms with Crippen molar-refractivity contribution in [1.29, 1.82) is 0 Å². The van der Waals surface area contributed by atoms with Gasteiger partial charge in [0.2, 0.25) is 5.91 Å². The van der Waals surface area contributed by atoms with Crippen LogP contribution < -0.4 is 5.73 Å². The summed E-state index contributed by atoms with van der Waals surface area (Å²) < 4.78 is 43.6. The average Bonchev–Trinajstić information content (AvgIpc) is 3.42. The summed E-state index contributed by atoms with van der Waals surface area (Å²) in [5.74, 6) is -0.337. The van der Waals surface area contributed by atoms with E-state index in [-0.39, 0.29) is 53.8 Å². The summed E-state index contributed by atoms with van der Waals surface area (Å²) in [4.78, 5) is 22.8. The molecule has 3 aromatic heterocycles. The lowest BCUT2D eigenvalue weighted by molar-refractivity contribution is -0.131. The number of fused-ring (bicyclic) bond motifs is 1. The standard InChI is InChI=1S/C34H40F2N6O3/c1-20-12-23(15-30(37)34(20)41(3)21(2)43)27-6-9-38-17-24(27)16-32-39-18-25-4-5-31(40-42(25)32)33-28(35)13-22(14-29(33)36)19-45-26-7-10-44-11-8-26/h4-6,9,13-14,17-18,20,23,26,30,34H,7-8,10-12,15-16,19,37H2,1-3H3/t20-,23+,30+,34-/m0/s1. The lowest BCUT2D eigenvalue weighted by atomic mass is 9.72. The van der Waals surface area contributed by atoms with E-state index in [0.717, 1.165) is 36.8 Å². The number of nitrogens with zero attached hydrogens (tertiary/aromatic N) is 5. The third kappa shape index (κ3) is 6.61. The fraction of sp³-hybridized carbons (Fsp3) is 0.471. The van der Waals surface area contributed by atoms with Crippen LogP contribution in [0.15, 0.2) is 48.9 Å². The molecule has 2 aliphatic rings. The molecule has 1 saturated heterocycles. The topological polar surface area (TPSA) is 108 Å². The number of imidazole rings is 1. The van der Waals surface area contributed by atoms with Gasteiger partial charge in [0.15, 0.2) is 0 Å². The fourth-order valence-electron chi connectivity index (χ4n) is 7.06. The zero-order chi connectivity index (χ0) is 31.7. The Hall–Kier alpha value is -3.80. The molecule has 11 heteroatoms. The lowest BCUT2D eigenvalue weighted by Crippen LogP contribution is -2.54. The molecular weight excluding hydrogens is 578 g/mol. The number of aromatic nitrogens is 4. The van der Waals surface area contributed by atoms with Gasteiger partial charge in [-0.05, 0) is 84.5 Å². The third-order valence-electron chi connectivity index (χ3n) is 9.37. The highest BCUT2D eigenvalue weighted by atomic mass is 19.1. The summed E-state index contributed by atoms with van der Waals surface area (Å²) in [6, 6.07) is 7.85. The Morgan fingerprint density at radius 2 is 1.89 bits per heavy atom.